The Hall–Kier alpha value is -3.16. The summed E-state index contributed by atoms with van der Waals surface area (Å²) in [4.78, 5) is 22.6. The van der Waals surface area contributed by atoms with Crippen LogP contribution in [0, 0.1) is 20.2 Å². The number of nitrogens with one attached hydrogen (secondary N) is 1. The highest BCUT2D eigenvalue weighted by atomic mass is 16.6. The van der Waals surface area contributed by atoms with Crippen LogP contribution in [-0.2, 0) is 0 Å². The number of rotatable bonds is 8. The summed E-state index contributed by atoms with van der Waals surface area (Å²) in [6.07, 6.45) is 0.763. The van der Waals surface area contributed by atoms with E-state index in [4.69, 9.17) is 0 Å². The van der Waals surface area contributed by atoms with Gasteiger partial charge in [-0.1, -0.05) is 18.2 Å². The summed E-state index contributed by atoms with van der Waals surface area (Å²) in [5.41, 5.74) is 0.795. The van der Waals surface area contributed by atoms with E-state index < -0.39 is 9.85 Å². The summed E-state index contributed by atoms with van der Waals surface area (Å²) in [5, 5.41) is 24.7. The molecule has 126 valence electrons. The molecule has 2 aromatic carbocycles. The summed E-state index contributed by atoms with van der Waals surface area (Å²) < 4.78 is 0. The summed E-state index contributed by atoms with van der Waals surface area (Å²) in [5.74, 6) is 0. The minimum absolute atomic E-state index is 0.285. The van der Waals surface area contributed by atoms with E-state index in [0.717, 1.165) is 24.7 Å². The number of para-hydroxylation sites is 1. The summed E-state index contributed by atoms with van der Waals surface area (Å²) in [7, 11) is 1.98. The summed E-state index contributed by atoms with van der Waals surface area (Å²) >= 11 is 0. The molecule has 0 spiro atoms. The quantitative estimate of drug-likeness (QED) is 0.452. The van der Waals surface area contributed by atoms with Gasteiger partial charge in [0.25, 0.3) is 11.4 Å². The zero-order chi connectivity index (χ0) is 17.5. The van der Waals surface area contributed by atoms with Crippen molar-refractivity contribution in [2.75, 3.05) is 30.4 Å². The van der Waals surface area contributed by atoms with E-state index in [1.807, 2.05) is 37.4 Å². The third-order valence-electron chi connectivity index (χ3n) is 3.57. The van der Waals surface area contributed by atoms with Crippen molar-refractivity contribution in [1.29, 1.82) is 0 Å². The Kier molecular flexibility index (Phi) is 5.67. The fourth-order valence-corrected chi connectivity index (χ4v) is 2.28. The number of anilines is 2. The molecule has 1 N–H and O–H groups in total. The highest BCUT2D eigenvalue weighted by Gasteiger charge is 2.18. The molecule has 0 saturated heterocycles. The van der Waals surface area contributed by atoms with E-state index in [0.29, 0.717) is 6.54 Å². The van der Waals surface area contributed by atoms with Gasteiger partial charge in [-0.25, -0.2) is 0 Å². The lowest BCUT2D eigenvalue weighted by Crippen LogP contribution is -2.20. The topological polar surface area (TPSA) is 102 Å². The van der Waals surface area contributed by atoms with Crippen LogP contribution in [0.25, 0.3) is 0 Å². The molecule has 0 atom stereocenters. The van der Waals surface area contributed by atoms with Gasteiger partial charge in [0, 0.05) is 31.9 Å². The highest BCUT2D eigenvalue weighted by Crippen LogP contribution is 2.28. The number of nitrogens with zero attached hydrogens (tertiary/aromatic N) is 3. The molecule has 8 nitrogen and oxygen atoms in total. The molecule has 0 aliphatic heterocycles. The van der Waals surface area contributed by atoms with Gasteiger partial charge in [0.15, 0.2) is 0 Å². The van der Waals surface area contributed by atoms with Gasteiger partial charge in [-0.15, -0.1) is 0 Å². The zero-order valence-corrected chi connectivity index (χ0v) is 13.2. The van der Waals surface area contributed by atoms with Crippen LogP contribution in [0.4, 0.5) is 22.7 Å². The molecule has 0 aromatic heterocycles. The van der Waals surface area contributed by atoms with Crippen molar-refractivity contribution >= 4 is 22.7 Å². The number of hydrogen-bond donors (Lipinski definition) is 1. The van der Waals surface area contributed by atoms with Crippen molar-refractivity contribution in [3.8, 4) is 0 Å². The Morgan fingerprint density at radius 1 is 1.04 bits per heavy atom. The molecule has 24 heavy (non-hydrogen) atoms. The van der Waals surface area contributed by atoms with Crippen LogP contribution in [0.15, 0.2) is 48.5 Å². The molecule has 0 radical (unpaired) electrons. The van der Waals surface area contributed by atoms with Crippen molar-refractivity contribution in [2.45, 2.75) is 6.42 Å². The SMILES string of the molecule is CN(CCCNc1ccc([N+](=O)[O-])cc1[N+](=O)[O-])c1ccccc1. The molecule has 0 saturated carbocycles. The molecule has 0 heterocycles. The number of benzene rings is 2. The summed E-state index contributed by atoms with van der Waals surface area (Å²) in [6, 6.07) is 13.5. The maximum atomic E-state index is 11.1. The second-order valence-corrected chi connectivity index (χ2v) is 5.25. The van der Waals surface area contributed by atoms with Crippen molar-refractivity contribution in [3.05, 3.63) is 68.8 Å². The molecule has 2 rings (SSSR count). The van der Waals surface area contributed by atoms with Crippen molar-refractivity contribution in [1.82, 2.24) is 0 Å². The van der Waals surface area contributed by atoms with Crippen LogP contribution < -0.4 is 10.2 Å². The van der Waals surface area contributed by atoms with E-state index in [1.165, 1.54) is 12.1 Å². The van der Waals surface area contributed by atoms with Crippen molar-refractivity contribution in [2.24, 2.45) is 0 Å². The molecule has 2 aromatic rings. The third kappa shape index (κ3) is 4.42. The fourth-order valence-electron chi connectivity index (χ4n) is 2.28. The van der Waals surface area contributed by atoms with Crippen LogP contribution in [0.3, 0.4) is 0 Å². The van der Waals surface area contributed by atoms with E-state index in [9.17, 15) is 20.2 Å². The van der Waals surface area contributed by atoms with Gasteiger partial charge in [-0.2, -0.15) is 0 Å². The third-order valence-corrected chi connectivity index (χ3v) is 3.57. The predicted octanol–water partition coefficient (Wildman–Crippen LogP) is 3.44. The number of non-ortho nitro benzene ring substituents is 1. The Morgan fingerprint density at radius 2 is 1.75 bits per heavy atom. The standard InChI is InChI=1S/C16H18N4O4/c1-18(13-6-3-2-4-7-13)11-5-10-17-15-9-8-14(19(21)22)12-16(15)20(23)24/h2-4,6-9,12,17H,5,10-11H2,1H3. The Morgan fingerprint density at radius 3 is 2.38 bits per heavy atom. The smallest absolute Gasteiger partial charge is 0.299 e. The monoisotopic (exact) mass is 330 g/mol. The van der Waals surface area contributed by atoms with Gasteiger partial charge >= 0.3 is 0 Å². The number of nitro groups is 2. The first-order valence-electron chi connectivity index (χ1n) is 7.42. The molecule has 0 bridgehead atoms. The average Bonchev–Trinajstić information content (AvgIpc) is 2.59. The van der Waals surface area contributed by atoms with Crippen LogP contribution in [0.2, 0.25) is 0 Å². The van der Waals surface area contributed by atoms with E-state index in [-0.39, 0.29) is 17.1 Å². The van der Waals surface area contributed by atoms with E-state index in [1.54, 1.807) is 0 Å². The first-order chi connectivity index (χ1) is 11.5. The largest absolute Gasteiger partial charge is 0.379 e. The lowest BCUT2D eigenvalue weighted by atomic mass is 10.2. The van der Waals surface area contributed by atoms with E-state index >= 15 is 0 Å². The molecule has 0 unspecified atom stereocenters. The lowest BCUT2D eigenvalue weighted by Gasteiger charge is -2.19. The maximum Gasteiger partial charge on any atom is 0.299 e. The molecule has 0 aliphatic carbocycles. The first kappa shape index (κ1) is 17.2. The van der Waals surface area contributed by atoms with Crippen LogP contribution in [0.5, 0.6) is 0 Å². The maximum absolute atomic E-state index is 11.1. The van der Waals surface area contributed by atoms with Crippen LogP contribution in [-0.4, -0.2) is 30.0 Å². The van der Waals surface area contributed by atoms with Gasteiger partial charge < -0.3 is 10.2 Å². The molecule has 0 fully saturated rings. The molecule has 8 heteroatoms. The fraction of sp³-hybridized carbons (Fsp3) is 0.250. The first-order valence-corrected chi connectivity index (χ1v) is 7.42. The number of hydrogen-bond acceptors (Lipinski definition) is 6. The molecule has 0 amide bonds. The van der Waals surface area contributed by atoms with Gasteiger partial charge in [0.05, 0.1) is 15.9 Å². The van der Waals surface area contributed by atoms with Gasteiger partial charge in [-0.05, 0) is 24.6 Å². The highest BCUT2D eigenvalue weighted by molar-refractivity contribution is 5.65. The minimum Gasteiger partial charge on any atom is -0.379 e. The second kappa shape index (κ2) is 7.91. The van der Waals surface area contributed by atoms with Crippen LogP contribution in [0.1, 0.15) is 6.42 Å². The van der Waals surface area contributed by atoms with Gasteiger partial charge in [-0.3, -0.25) is 20.2 Å². The second-order valence-electron chi connectivity index (χ2n) is 5.25. The molecular weight excluding hydrogens is 312 g/mol. The number of nitro benzene ring substituents is 2. The average molecular weight is 330 g/mol. The van der Waals surface area contributed by atoms with E-state index in [2.05, 4.69) is 10.2 Å². The Balaban J connectivity index is 1.92. The predicted molar refractivity (Wildman–Crippen MR) is 92.6 cm³/mol. The normalized spacial score (nSPS) is 10.2. The Labute approximate surface area is 139 Å². The minimum atomic E-state index is -0.647. The van der Waals surface area contributed by atoms with Crippen LogP contribution >= 0.6 is 0 Å². The van der Waals surface area contributed by atoms with Gasteiger partial charge in [0.2, 0.25) is 0 Å². The lowest BCUT2D eigenvalue weighted by molar-refractivity contribution is -0.393. The Bertz CT molecular complexity index is 721. The van der Waals surface area contributed by atoms with Crippen molar-refractivity contribution in [3.63, 3.8) is 0 Å². The van der Waals surface area contributed by atoms with Gasteiger partial charge in [0.1, 0.15) is 5.69 Å². The molecular formula is C16H18N4O4. The molecule has 0 aliphatic rings. The van der Waals surface area contributed by atoms with Crippen molar-refractivity contribution < 1.29 is 9.85 Å². The summed E-state index contributed by atoms with van der Waals surface area (Å²) in [6.45, 7) is 1.30. The zero-order valence-electron chi connectivity index (χ0n) is 13.2.